The van der Waals surface area contributed by atoms with E-state index < -0.39 is 0 Å². The number of nitrogens with one attached hydrogen (secondary N) is 1. The zero-order chi connectivity index (χ0) is 18.5. The van der Waals surface area contributed by atoms with Crippen LogP contribution in [0.2, 0.25) is 0 Å². The molecule has 4 nitrogen and oxygen atoms in total. The van der Waals surface area contributed by atoms with Crippen LogP contribution >= 0.6 is 0 Å². The number of para-hydroxylation sites is 1. The van der Waals surface area contributed by atoms with E-state index in [1.807, 2.05) is 42.5 Å². The molecule has 1 fully saturated rings. The van der Waals surface area contributed by atoms with E-state index in [9.17, 15) is 4.79 Å². The summed E-state index contributed by atoms with van der Waals surface area (Å²) in [5.74, 6) is 0.638. The Balaban J connectivity index is 1.29. The Labute approximate surface area is 159 Å². The monoisotopic (exact) mass is 360 g/mol. The summed E-state index contributed by atoms with van der Waals surface area (Å²) < 4.78 is 5.68. The molecule has 1 aliphatic heterocycles. The van der Waals surface area contributed by atoms with Gasteiger partial charge in [0.25, 0.3) is 5.91 Å². The van der Waals surface area contributed by atoms with Crippen LogP contribution in [0, 0.1) is 0 Å². The lowest BCUT2D eigenvalue weighted by molar-refractivity contribution is -0.123. The molecule has 1 heterocycles. The third-order valence-electron chi connectivity index (χ3n) is 5.09. The molecule has 1 atom stereocenters. The van der Waals surface area contributed by atoms with Crippen LogP contribution in [-0.2, 0) is 4.79 Å². The van der Waals surface area contributed by atoms with Gasteiger partial charge in [-0.1, -0.05) is 48.5 Å². The van der Waals surface area contributed by atoms with Gasteiger partial charge in [-0.2, -0.15) is 0 Å². The first kappa shape index (κ1) is 17.4. The van der Waals surface area contributed by atoms with E-state index in [1.165, 1.54) is 5.69 Å². The van der Waals surface area contributed by atoms with Crippen molar-refractivity contribution in [1.29, 1.82) is 0 Å². The maximum absolute atomic E-state index is 12.2. The van der Waals surface area contributed by atoms with Crippen molar-refractivity contribution in [2.24, 2.45) is 0 Å². The van der Waals surface area contributed by atoms with Crippen molar-refractivity contribution in [2.45, 2.75) is 18.9 Å². The highest BCUT2D eigenvalue weighted by Gasteiger charge is 2.24. The lowest BCUT2D eigenvalue weighted by Gasteiger charge is -2.27. The molecule has 4 heteroatoms. The van der Waals surface area contributed by atoms with Gasteiger partial charge in [-0.05, 0) is 47.9 Å². The molecular formula is C23H24N2O2. The third-order valence-corrected chi connectivity index (χ3v) is 5.09. The molecule has 3 aromatic carbocycles. The van der Waals surface area contributed by atoms with Crippen molar-refractivity contribution in [3.8, 4) is 5.75 Å². The molecule has 0 spiro atoms. The van der Waals surface area contributed by atoms with Gasteiger partial charge in [-0.15, -0.1) is 0 Å². The third kappa shape index (κ3) is 4.22. The molecule has 0 saturated carbocycles. The SMILES string of the molecule is O=C(COc1ccc2ccccc2c1)NC[C@H]1CCCN1c1ccccc1. The number of anilines is 1. The van der Waals surface area contributed by atoms with Gasteiger partial charge in [0.1, 0.15) is 5.75 Å². The van der Waals surface area contributed by atoms with Crippen LogP contribution in [0.3, 0.4) is 0 Å². The maximum Gasteiger partial charge on any atom is 0.258 e. The number of benzene rings is 3. The van der Waals surface area contributed by atoms with E-state index in [0.29, 0.717) is 12.6 Å². The Morgan fingerprint density at radius 2 is 1.78 bits per heavy atom. The molecule has 138 valence electrons. The van der Waals surface area contributed by atoms with E-state index >= 15 is 0 Å². The van der Waals surface area contributed by atoms with Crippen LogP contribution in [0.5, 0.6) is 5.75 Å². The van der Waals surface area contributed by atoms with Gasteiger partial charge in [0.05, 0.1) is 0 Å². The van der Waals surface area contributed by atoms with Crippen molar-refractivity contribution in [2.75, 3.05) is 24.6 Å². The fraction of sp³-hybridized carbons (Fsp3) is 0.261. The van der Waals surface area contributed by atoms with Gasteiger partial charge < -0.3 is 15.0 Å². The van der Waals surface area contributed by atoms with Gasteiger partial charge in [0.15, 0.2) is 6.61 Å². The Hall–Kier alpha value is -3.01. The van der Waals surface area contributed by atoms with Crippen LogP contribution in [-0.4, -0.2) is 31.6 Å². The van der Waals surface area contributed by atoms with Crippen molar-refractivity contribution in [3.63, 3.8) is 0 Å². The van der Waals surface area contributed by atoms with Crippen molar-refractivity contribution < 1.29 is 9.53 Å². The van der Waals surface area contributed by atoms with Crippen LogP contribution in [0.15, 0.2) is 72.8 Å². The molecule has 27 heavy (non-hydrogen) atoms. The molecule has 4 rings (SSSR count). The summed E-state index contributed by atoms with van der Waals surface area (Å²) in [4.78, 5) is 14.6. The zero-order valence-electron chi connectivity index (χ0n) is 15.3. The van der Waals surface area contributed by atoms with Gasteiger partial charge >= 0.3 is 0 Å². The van der Waals surface area contributed by atoms with Crippen molar-refractivity contribution >= 4 is 22.4 Å². The lowest BCUT2D eigenvalue weighted by Crippen LogP contribution is -2.41. The number of hydrogen-bond donors (Lipinski definition) is 1. The molecule has 0 bridgehead atoms. The lowest BCUT2D eigenvalue weighted by atomic mass is 10.1. The minimum Gasteiger partial charge on any atom is -0.484 e. The van der Waals surface area contributed by atoms with Crippen molar-refractivity contribution in [3.05, 3.63) is 72.8 Å². The van der Waals surface area contributed by atoms with Crippen LogP contribution in [0.4, 0.5) is 5.69 Å². The van der Waals surface area contributed by atoms with E-state index in [2.05, 4.69) is 40.5 Å². The standard InChI is InChI=1S/C23H24N2O2/c26-23(17-27-22-13-12-18-7-4-5-8-19(18)15-22)24-16-21-11-6-14-25(21)20-9-2-1-3-10-20/h1-5,7-10,12-13,15,21H,6,11,14,16-17H2,(H,24,26)/t21-/m1/s1. The number of ether oxygens (including phenoxy) is 1. The minimum atomic E-state index is -0.0805. The highest BCUT2D eigenvalue weighted by atomic mass is 16.5. The molecule has 0 unspecified atom stereocenters. The maximum atomic E-state index is 12.2. The summed E-state index contributed by atoms with van der Waals surface area (Å²) in [6.45, 7) is 1.73. The summed E-state index contributed by atoms with van der Waals surface area (Å²) in [6.07, 6.45) is 2.25. The Morgan fingerprint density at radius 3 is 2.63 bits per heavy atom. The predicted molar refractivity (Wildman–Crippen MR) is 109 cm³/mol. The molecule has 1 N–H and O–H groups in total. The van der Waals surface area contributed by atoms with Crippen LogP contribution < -0.4 is 15.0 Å². The smallest absolute Gasteiger partial charge is 0.258 e. The Kier molecular flexibility index (Phi) is 5.24. The van der Waals surface area contributed by atoms with Gasteiger partial charge in [0.2, 0.25) is 0 Å². The zero-order valence-corrected chi connectivity index (χ0v) is 15.3. The van der Waals surface area contributed by atoms with Crippen molar-refractivity contribution in [1.82, 2.24) is 5.32 Å². The summed E-state index contributed by atoms with van der Waals surface area (Å²) in [7, 11) is 0. The summed E-state index contributed by atoms with van der Waals surface area (Å²) in [5, 5.41) is 5.30. The van der Waals surface area contributed by atoms with Gasteiger partial charge in [-0.3, -0.25) is 4.79 Å². The molecule has 0 aliphatic carbocycles. The molecule has 3 aromatic rings. The Morgan fingerprint density at radius 1 is 1.00 bits per heavy atom. The first-order chi connectivity index (χ1) is 13.3. The molecule has 1 amide bonds. The second-order valence-corrected chi connectivity index (χ2v) is 6.93. The van der Waals surface area contributed by atoms with Gasteiger partial charge in [-0.25, -0.2) is 0 Å². The number of nitrogens with zero attached hydrogens (tertiary/aromatic N) is 1. The summed E-state index contributed by atoms with van der Waals surface area (Å²) >= 11 is 0. The number of carbonyl (C=O) groups excluding carboxylic acids is 1. The molecule has 0 radical (unpaired) electrons. The fourth-order valence-electron chi connectivity index (χ4n) is 3.70. The Bertz CT molecular complexity index is 910. The normalized spacial score (nSPS) is 16.4. The summed E-state index contributed by atoms with van der Waals surface area (Å²) in [5.41, 5.74) is 1.22. The number of carbonyl (C=O) groups is 1. The highest BCUT2D eigenvalue weighted by molar-refractivity contribution is 5.84. The molecule has 1 saturated heterocycles. The summed E-state index contributed by atoms with van der Waals surface area (Å²) in [6, 6.07) is 24.7. The van der Waals surface area contributed by atoms with Crippen LogP contribution in [0.1, 0.15) is 12.8 Å². The fourth-order valence-corrected chi connectivity index (χ4v) is 3.70. The average molecular weight is 360 g/mol. The predicted octanol–water partition coefficient (Wildman–Crippen LogP) is 4.00. The number of hydrogen-bond acceptors (Lipinski definition) is 3. The van der Waals surface area contributed by atoms with E-state index in [4.69, 9.17) is 4.74 Å². The van der Waals surface area contributed by atoms with Crippen LogP contribution in [0.25, 0.3) is 10.8 Å². The molecular weight excluding hydrogens is 336 g/mol. The topological polar surface area (TPSA) is 41.6 Å². The number of fused-ring (bicyclic) bond motifs is 1. The van der Waals surface area contributed by atoms with E-state index in [0.717, 1.165) is 35.9 Å². The minimum absolute atomic E-state index is 0.0381. The molecule has 1 aliphatic rings. The van der Waals surface area contributed by atoms with E-state index in [-0.39, 0.29) is 12.5 Å². The first-order valence-electron chi connectivity index (χ1n) is 9.49. The van der Waals surface area contributed by atoms with E-state index in [1.54, 1.807) is 0 Å². The molecule has 0 aromatic heterocycles. The largest absolute Gasteiger partial charge is 0.484 e. The highest BCUT2D eigenvalue weighted by Crippen LogP contribution is 2.24. The number of amides is 1. The number of rotatable bonds is 6. The second kappa shape index (κ2) is 8.12. The first-order valence-corrected chi connectivity index (χ1v) is 9.49. The average Bonchev–Trinajstić information content (AvgIpc) is 3.20. The quantitative estimate of drug-likeness (QED) is 0.722. The van der Waals surface area contributed by atoms with Gasteiger partial charge in [0, 0.05) is 24.8 Å². The second-order valence-electron chi connectivity index (χ2n) is 6.93.